The summed E-state index contributed by atoms with van der Waals surface area (Å²) in [7, 11) is 1.67. The average Bonchev–Trinajstić information content (AvgIpc) is 3.33. The van der Waals surface area contributed by atoms with Crippen molar-refractivity contribution in [2.75, 3.05) is 38.2 Å². The summed E-state index contributed by atoms with van der Waals surface area (Å²) in [6.07, 6.45) is -0.256. The Hall–Kier alpha value is -3.52. The summed E-state index contributed by atoms with van der Waals surface area (Å²) in [5.74, 6) is 0.760. The van der Waals surface area contributed by atoms with Crippen molar-refractivity contribution in [2.45, 2.75) is 26.4 Å². The van der Waals surface area contributed by atoms with E-state index in [1.807, 2.05) is 44.4 Å². The zero-order chi connectivity index (χ0) is 24.7. The number of carbonyl (C=O) groups is 1. The second-order valence-corrected chi connectivity index (χ2v) is 10.6. The normalized spacial score (nSPS) is 14.5. The highest BCUT2D eigenvalue weighted by molar-refractivity contribution is 7.17. The monoisotopic (exact) mass is 491 g/mol. The molecule has 0 unspecified atom stereocenters. The lowest BCUT2D eigenvalue weighted by atomic mass is 9.97. The van der Waals surface area contributed by atoms with Gasteiger partial charge in [0, 0.05) is 53.7 Å². The lowest BCUT2D eigenvalue weighted by Crippen LogP contribution is -2.50. The third-order valence-electron chi connectivity index (χ3n) is 6.23. The van der Waals surface area contributed by atoms with Crippen LogP contribution in [0.1, 0.15) is 20.8 Å². The highest BCUT2D eigenvalue weighted by atomic mass is 32.1. The van der Waals surface area contributed by atoms with Crippen LogP contribution < -0.4 is 15.2 Å². The highest BCUT2D eigenvalue weighted by Gasteiger charge is 2.26. The minimum atomic E-state index is -0.492. The van der Waals surface area contributed by atoms with Gasteiger partial charge in [-0.2, -0.15) is 0 Å². The Kier molecular flexibility index (Phi) is 5.92. The van der Waals surface area contributed by atoms with E-state index in [0.29, 0.717) is 17.8 Å². The Morgan fingerprint density at radius 3 is 2.37 bits per heavy atom. The Labute approximate surface area is 207 Å². The predicted octanol–water partition coefficient (Wildman–Crippen LogP) is 5.48. The molecule has 0 saturated carbocycles. The fourth-order valence-corrected chi connectivity index (χ4v) is 5.39. The van der Waals surface area contributed by atoms with E-state index in [-0.39, 0.29) is 11.7 Å². The number of ether oxygens (including phenoxy) is 2. The molecule has 5 rings (SSSR count). The van der Waals surface area contributed by atoms with Crippen LogP contribution in [0.25, 0.3) is 32.1 Å². The summed E-state index contributed by atoms with van der Waals surface area (Å²) in [6, 6.07) is 14.2. The van der Waals surface area contributed by atoms with Gasteiger partial charge in [-0.15, -0.1) is 11.3 Å². The van der Waals surface area contributed by atoms with Gasteiger partial charge >= 0.3 is 6.09 Å². The third kappa shape index (κ3) is 4.46. The molecule has 35 heavy (non-hydrogen) atoms. The minimum absolute atomic E-state index is 0.0699. The summed E-state index contributed by atoms with van der Waals surface area (Å²) in [5.41, 5.74) is 3.31. The number of carbonyl (C=O) groups excluding carboxylic acids is 1. The van der Waals surface area contributed by atoms with Crippen LogP contribution in [-0.4, -0.2) is 54.9 Å². The van der Waals surface area contributed by atoms with Crippen LogP contribution in [-0.2, 0) is 4.74 Å². The average molecular weight is 492 g/mol. The number of pyridine rings is 1. The Bertz CT molecular complexity index is 1440. The number of benzene rings is 2. The number of anilines is 1. The molecule has 0 bridgehead atoms. The lowest BCUT2D eigenvalue weighted by molar-refractivity contribution is 0.0240. The Balaban J connectivity index is 1.43. The topological polar surface area (TPSA) is 74.9 Å². The van der Waals surface area contributed by atoms with Crippen LogP contribution in [0.5, 0.6) is 5.75 Å². The molecular formula is C27H29N3O4S. The van der Waals surface area contributed by atoms with Gasteiger partial charge in [-0.25, -0.2) is 4.79 Å². The first-order valence-electron chi connectivity index (χ1n) is 11.7. The number of aromatic nitrogens is 1. The summed E-state index contributed by atoms with van der Waals surface area (Å²) in [6.45, 7) is 8.38. The Morgan fingerprint density at radius 1 is 1.00 bits per heavy atom. The number of thiophene rings is 1. The van der Waals surface area contributed by atoms with Gasteiger partial charge in [0.05, 0.1) is 7.11 Å². The van der Waals surface area contributed by atoms with E-state index in [4.69, 9.17) is 9.47 Å². The number of hydrogen-bond donors (Lipinski definition) is 1. The molecule has 8 heteroatoms. The van der Waals surface area contributed by atoms with E-state index in [9.17, 15) is 9.59 Å². The number of fused-ring (bicyclic) bond motifs is 3. The summed E-state index contributed by atoms with van der Waals surface area (Å²) < 4.78 is 12.0. The molecule has 2 aromatic heterocycles. The van der Waals surface area contributed by atoms with Gasteiger partial charge in [-0.1, -0.05) is 12.1 Å². The molecule has 182 valence electrons. The van der Waals surface area contributed by atoms with Crippen molar-refractivity contribution in [3.05, 3.63) is 58.2 Å². The summed E-state index contributed by atoms with van der Waals surface area (Å²) >= 11 is 1.44. The number of H-pyrrole nitrogens is 1. The molecule has 1 aliphatic rings. The maximum atomic E-state index is 12.5. The predicted molar refractivity (Wildman–Crippen MR) is 142 cm³/mol. The first-order chi connectivity index (χ1) is 16.7. The van der Waals surface area contributed by atoms with Gasteiger partial charge in [-0.05, 0) is 62.0 Å². The number of amides is 1. The number of aromatic amines is 1. The molecule has 0 aliphatic carbocycles. The van der Waals surface area contributed by atoms with Crippen molar-refractivity contribution < 1.29 is 14.3 Å². The molecule has 0 atom stereocenters. The van der Waals surface area contributed by atoms with Crippen molar-refractivity contribution in [3.63, 3.8) is 0 Å². The van der Waals surface area contributed by atoms with Gasteiger partial charge in [-0.3, -0.25) is 4.79 Å². The molecule has 0 spiro atoms. The zero-order valence-corrected chi connectivity index (χ0v) is 21.2. The SMILES string of the molecule is COc1ccc2[nH]c(=O)c3sccc3c2c1-c1ccc(N2CCN(C(=O)OC(C)(C)C)CC2)cc1. The van der Waals surface area contributed by atoms with Gasteiger partial charge in [0.1, 0.15) is 16.1 Å². The molecule has 7 nitrogen and oxygen atoms in total. The fourth-order valence-electron chi connectivity index (χ4n) is 4.60. The number of nitrogens with zero attached hydrogens (tertiary/aromatic N) is 2. The van der Waals surface area contributed by atoms with Crippen molar-refractivity contribution in [3.8, 4) is 16.9 Å². The van der Waals surface area contributed by atoms with Crippen molar-refractivity contribution in [2.24, 2.45) is 0 Å². The van der Waals surface area contributed by atoms with Crippen molar-refractivity contribution >= 4 is 44.1 Å². The summed E-state index contributed by atoms with van der Waals surface area (Å²) in [4.78, 5) is 31.9. The van der Waals surface area contributed by atoms with Crippen LogP contribution in [0.3, 0.4) is 0 Å². The quantitative estimate of drug-likeness (QED) is 0.411. The van der Waals surface area contributed by atoms with E-state index in [1.165, 1.54) is 11.3 Å². The van der Waals surface area contributed by atoms with Crippen LogP contribution in [0, 0.1) is 0 Å². The van der Waals surface area contributed by atoms with Gasteiger partial charge in [0.2, 0.25) is 0 Å². The number of hydrogen-bond acceptors (Lipinski definition) is 6. The molecular weight excluding hydrogens is 462 g/mol. The molecule has 3 heterocycles. The van der Waals surface area contributed by atoms with E-state index in [2.05, 4.69) is 34.1 Å². The zero-order valence-electron chi connectivity index (χ0n) is 20.4. The van der Waals surface area contributed by atoms with Crippen LogP contribution in [0.15, 0.2) is 52.6 Å². The van der Waals surface area contributed by atoms with E-state index >= 15 is 0 Å². The smallest absolute Gasteiger partial charge is 0.410 e. The highest BCUT2D eigenvalue weighted by Crippen LogP contribution is 2.40. The first kappa shape index (κ1) is 23.2. The third-order valence-corrected chi connectivity index (χ3v) is 7.14. The largest absolute Gasteiger partial charge is 0.496 e. The van der Waals surface area contributed by atoms with Gasteiger partial charge in [0.15, 0.2) is 0 Å². The number of rotatable bonds is 3. The molecule has 1 aliphatic heterocycles. The number of piperazine rings is 1. The number of methoxy groups -OCH3 is 1. The van der Waals surface area contributed by atoms with Crippen molar-refractivity contribution in [1.29, 1.82) is 0 Å². The van der Waals surface area contributed by atoms with Crippen LogP contribution in [0.2, 0.25) is 0 Å². The lowest BCUT2D eigenvalue weighted by Gasteiger charge is -2.36. The second-order valence-electron chi connectivity index (χ2n) is 9.68. The molecule has 1 fully saturated rings. The molecule has 1 N–H and O–H groups in total. The fraction of sp³-hybridized carbons (Fsp3) is 0.333. The van der Waals surface area contributed by atoms with Gasteiger partial charge < -0.3 is 24.3 Å². The Morgan fingerprint density at radius 2 is 1.71 bits per heavy atom. The number of nitrogens with one attached hydrogen (secondary N) is 1. The van der Waals surface area contributed by atoms with Gasteiger partial charge in [0.25, 0.3) is 5.56 Å². The van der Waals surface area contributed by atoms with Crippen LogP contribution >= 0.6 is 11.3 Å². The maximum absolute atomic E-state index is 12.5. The minimum Gasteiger partial charge on any atom is -0.496 e. The molecule has 4 aromatic rings. The molecule has 1 amide bonds. The van der Waals surface area contributed by atoms with E-state index < -0.39 is 5.60 Å². The molecule has 1 saturated heterocycles. The first-order valence-corrected chi connectivity index (χ1v) is 12.6. The summed E-state index contributed by atoms with van der Waals surface area (Å²) in [5, 5.41) is 3.87. The van der Waals surface area contributed by atoms with E-state index in [0.717, 1.165) is 51.9 Å². The second kappa shape index (κ2) is 8.92. The standard InChI is InChI=1S/C27H29N3O4S/c1-27(2,3)34-26(32)30-14-12-29(13-15-30)18-7-5-17(6-8-18)22-21(33-4)10-9-20-23(22)19-11-16-35-24(19)25(31)28-20/h5-11,16H,12-15H2,1-4H3,(H,28,31). The van der Waals surface area contributed by atoms with E-state index in [1.54, 1.807) is 12.0 Å². The maximum Gasteiger partial charge on any atom is 0.410 e. The van der Waals surface area contributed by atoms with Crippen LogP contribution in [0.4, 0.5) is 10.5 Å². The molecule has 0 radical (unpaired) electrons. The van der Waals surface area contributed by atoms with Crippen molar-refractivity contribution in [1.82, 2.24) is 9.88 Å². The molecule has 2 aromatic carbocycles.